The van der Waals surface area contributed by atoms with Crippen molar-refractivity contribution in [2.24, 2.45) is 5.16 Å². The molecule has 10 heteroatoms. The number of anilines is 2. The van der Waals surface area contributed by atoms with Crippen LogP contribution in [0, 0.1) is 5.41 Å². The molecule has 0 atom stereocenters. The van der Waals surface area contributed by atoms with Gasteiger partial charge in [-0.1, -0.05) is 90.1 Å². The van der Waals surface area contributed by atoms with E-state index >= 15 is 0 Å². The summed E-state index contributed by atoms with van der Waals surface area (Å²) < 4.78 is 10.5. The molecular formula is C38H23N7O3. The van der Waals surface area contributed by atoms with Crippen LogP contribution >= 0.6 is 0 Å². The summed E-state index contributed by atoms with van der Waals surface area (Å²) >= 11 is 0. The zero-order chi connectivity index (χ0) is 32.2. The lowest BCUT2D eigenvalue weighted by atomic mass is 9.90. The highest BCUT2D eigenvalue weighted by molar-refractivity contribution is 6.62. The van der Waals surface area contributed by atoms with Crippen molar-refractivity contribution in [2.45, 2.75) is 0 Å². The second-order valence-electron chi connectivity index (χ2n) is 11.4. The van der Waals surface area contributed by atoms with Crippen LogP contribution in [0.4, 0.5) is 11.4 Å². The Morgan fingerprint density at radius 2 is 1.33 bits per heavy atom. The Morgan fingerprint density at radius 1 is 0.604 bits per heavy atom. The number of rotatable bonds is 5. The Morgan fingerprint density at radius 3 is 2.23 bits per heavy atom. The molecule has 2 heterocycles. The van der Waals surface area contributed by atoms with E-state index in [4.69, 9.17) is 9.26 Å². The van der Waals surface area contributed by atoms with Crippen molar-refractivity contribution in [3.63, 3.8) is 0 Å². The number of fused-ring (bicyclic) bond motifs is 4. The average Bonchev–Trinajstić information content (AvgIpc) is 3.83. The number of aromatic nitrogens is 4. The third-order valence-electron chi connectivity index (χ3n) is 8.78. The molecule has 2 aromatic heterocycles. The molecule has 0 spiro atoms. The van der Waals surface area contributed by atoms with E-state index in [1.165, 1.54) is 0 Å². The van der Waals surface area contributed by atoms with Gasteiger partial charge in [-0.05, 0) is 95.8 Å². The summed E-state index contributed by atoms with van der Waals surface area (Å²) in [5.74, 6) is 0. The van der Waals surface area contributed by atoms with Crippen LogP contribution in [0.2, 0.25) is 0 Å². The van der Waals surface area contributed by atoms with Crippen molar-refractivity contribution in [1.82, 2.24) is 20.6 Å². The summed E-state index contributed by atoms with van der Waals surface area (Å²) in [6.45, 7) is 0. The minimum absolute atomic E-state index is 0.0441. The third-order valence-corrected chi connectivity index (χ3v) is 8.78. The summed E-state index contributed by atoms with van der Waals surface area (Å²) in [4.78, 5) is 1.82. The summed E-state index contributed by atoms with van der Waals surface area (Å²) in [5, 5.41) is 44.7. The molecule has 0 radical (unpaired) electrons. The minimum Gasteiger partial charge on any atom is -0.410 e. The van der Waals surface area contributed by atoms with Gasteiger partial charge in [0.1, 0.15) is 11.0 Å². The zero-order valence-electron chi connectivity index (χ0n) is 25.1. The average molecular weight is 626 g/mol. The van der Waals surface area contributed by atoms with Crippen molar-refractivity contribution in [3.8, 4) is 11.1 Å². The molecule has 10 nitrogen and oxygen atoms in total. The summed E-state index contributed by atoms with van der Waals surface area (Å²) in [5.41, 5.74) is 6.89. The molecular weight excluding hydrogens is 602 g/mol. The van der Waals surface area contributed by atoms with Gasteiger partial charge in [0.15, 0.2) is 16.7 Å². The van der Waals surface area contributed by atoms with Gasteiger partial charge in [-0.15, -0.1) is 0 Å². The maximum absolute atomic E-state index is 10.5. The standard InChI is InChI=1S/C38H23N7O3/c39-34-27(25-16-15-22-7-1-2-9-24(22)21-25)17-19-32(37(34)40-46)45(31-14-6-13-30-36(31)43-47-41-30)33-20-18-29(35-38(33)44-48-42-35)28-12-5-10-23-8-3-4-11-26(23)28/h1-21,39,46H/b39-34?,40-37-. The topological polar surface area (TPSA) is 138 Å². The van der Waals surface area contributed by atoms with Crippen molar-refractivity contribution >= 4 is 72.0 Å². The Kier molecular flexibility index (Phi) is 6.19. The highest BCUT2D eigenvalue weighted by Crippen LogP contribution is 2.43. The first-order chi connectivity index (χ1) is 23.7. The fourth-order valence-electron chi connectivity index (χ4n) is 6.53. The first-order valence-electron chi connectivity index (χ1n) is 15.2. The molecule has 0 fully saturated rings. The minimum atomic E-state index is 0.0441. The Bertz CT molecular complexity index is 2680. The van der Waals surface area contributed by atoms with E-state index in [2.05, 4.69) is 44.0 Å². The maximum Gasteiger partial charge on any atom is 0.159 e. The first kappa shape index (κ1) is 27.4. The van der Waals surface area contributed by atoms with Gasteiger partial charge >= 0.3 is 0 Å². The SMILES string of the molecule is N=C1C(c2ccc3ccccc3c2)=CC=C(N(c2cccc3nonc23)c2ccc(-c3cccc4ccccc34)c3nonc23)/C1=N/O. The van der Waals surface area contributed by atoms with Gasteiger partial charge < -0.3 is 10.1 Å². The lowest BCUT2D eigenvalue weighted by Gasteiger charge is -2.30. The number of hydrogen-bond donors (Lipinski definition) is 2. The predicted octanol–water partition coefficient (Wildman–Crippen LogP) is 8.70. The molecule has 1 aliphatic rings. The van der Waals surface area contributed by atoms with Gasteiger partial charge in [-0.3, -0.25) is 5.41 Å². The molecule has 0 unspecified atom stereocenters. The molecule has 0 saturated carbocycles. The molecule has 6 aromatic carbocycles. The highest BCUT2D eigenvalue weighted by atomic mass is 16.6. The lowest BCUT2D eigenvalue weighted by Crippen LogP contribution is -2.31. The molecule has 1 aliphatic carbocycles. The van der Waals surface area contributed by atoms with Crippen molar-refractivity contribution < 1.29 is 14.5 Å². The van der Waals surface area contributed by atoms with Gasteiger partial charge in [-0.25, -0.2) is 9.26 Å². The van der Waals surface area contributed by atoms with Crippen molar-refractivity contribution in [2.75, 3.05) is 4.90 Å². The third kappa shape index (κ3) is 4.20. The number of hydrogen-bond acceptors (Lipinski definition) is 10. The van der Waals surface area contributed by atoms with Crippen LogP contribution in [0.15, 0.2) is 148 Å². The van der Waals surface area contributed by atoms with Crippen LogP contribution in [-0.2, 0) is 0 Å². The zero-order valence-corrected chi connectivity index (χ0v) is 25.1. The van der Waals surface area contributed by atoms with Gasteiger partial charge in [0.05, 0.1) is 22.8 Å². The molecule has 48 heavy (non-hydrogen) atoms. The number of oxime groups is 1. The molecule has 0 aliphatic heterocycles. The maximum atomic E-state index is 10.5. The molecule has 228 valence electrons. The van der Waals surface area contributed by atoms with Crippen LogP contribution in [0.3, 0.4) is 0 Å². The van der Waals surface area contributed by atoms with E-state index < -0.39 is 0 Å². The number of nitrogens with one attached hydrogen (secondary N) is 1. The van der Waals surface area contributed by atoms with Gasteiger partial charge in [-0.2, -0.15) is 0 Å². The van der Waals surface area contributed by atoms with E-state index in [1.807, 2.05) is 108 Å². The van der Waals surface area contributed by atoms with Crippen molar-refractivity contribution in [1.29, 1.82) is 5.41 Å². The summed E-state index contributed by atoms with van der Waals surface area (Å²) in [6.07, 6.45) is 3.68. The number of benzene rings is 6. The normalized spacial score (nSPS) is 14.2. The largest absolute Gasteiger partial charge is 0.410 e. The summed E-state index contributed by atoms with van der Waals surface area (Å²) in [7, 11) is 0. The second-order valence-corrected chi connectivity index (χ2v) is 11.4. The van der Waals surface area contributed by atoms with Crippen LogP contribution < -0.4 is 4.90 Å². The fraction of sp³-hybridized carbons (Fsp3) is 0. The van der Waals surface area contributed by atoms with Crippen LogP contribution in [0.25, 0.3) is 60.3 Å². The van der Waals surface area contributed by atoms with E-state index in [0.717, 1.165) is 38.2 Å². The second kappa shape index (κ2) is 10.8. The van der Waals surface area contributed by atoms with Crippen LogP contribution in [0.1, 0.15) is 5.56 Å². The number of nitrogens with zero attached hydrogens (tertiary/aromatic N) is 6. The van der Waals surface area contributed by atoms with Gasteiger partial charge in [0, 0.05) is 11.1 Å². The molecule has 8 aromatic rings. The molecule has 2 N–H and O–H groups in total. The highest BCUT2D eigenvalue weighted by Gasteiger charge is 2.32. The summed E-state index contributed by atoms with van der Waals surface area (Å²) in [6, 6.07) is 37.7. The van der Waals surface area contributed by atoms with Gasteiger partial charge in [0.2, 0.25) is 0 Å². The smallest absolute Gasteiger partial charge is 0.159 e. The van der Waals surface area contributed by atoms with Crippen LogP contribution in [-0.4, -0.2) is 37.3 Å². The van der Waals surface area contributed by atoms with Gasteiger partial charge in [0.25, 0.3) is 0 Å². The molecule has 0 bridgehead atoms. The van der Waals surface area contributed by atoms with Crippen molar-refractivity contribution in [3.05, 3.63) is 139 Å². The Labute approximate surface area is 271 Å². The Hall–Kier alpha value is -6.94. The lowest BCUT2D eigenvalue weighted by molar-refractivity contribution is 0.315. The monoisotopic (exact) mass is 625 g/mol. The van der Waals surface area contributed by atoms with E-state index in [1.54, 1.807) is 6.07 Å². The molecule has 0 saturated heterocycles. The van der Waals surface area contributed by atoms with Crippen LogP contribution in [0.5, 0.6) is 0 Å². The molecule has 9 rings (SSSR count). The first-order valence-corrected chi connectivity index (χ1v) is 15.2. The fourth-order valence-corrected chi connectivity index (χ4v) is 6.53. The predicted molar refractivity (Wildman–Crippen MR) is 186 cm³/mol. The molecule has 0 amide bonds. The van der Waals surface area contributed by atoms with E-state index in [9.17, 15) is 10.6 Å². The quantitative estimate of drug-likeness (QED) is 0.110. The van der Waals surface area contributed by atoms with E-state index in [-0.39, 0.29) is 11.4 Å². The number of allylic oxidation sites excluding steroid dienone is 4. The Balaban J connectivity index is 1.27. The van der Waals surface area contributed by atoms with E-state index in [0.29, 0.717) is 44.7 Å².